The van der Waals surface area contributed by atoms with Crippen LogP contribution >= 0.6 is 0 Å². The van der Waals surface area contributed by atoms with Crippen LogP contribution in [0.2, 0.25) is 0 Å². The number of nitrogens with one attached hydrogen (secondary N) is 2. The fraction of sp³-hybridized carbons (Fsp3) is 0.769. The van der Waals surface area contributed by atoms with Crippen molar-refractivity contribution in [3.8, 4) is 0 Å². The van der Waals surface area contributed by atoms with Gasteiger partial charge in [-0.25, -0.2) is 4.98 Å². The van der Waals surface area contributed by atoms with Crippen molar-refractivity contribution in [1.29, 1.82) is 0 Å². The lowest BCUT2D eigenvalue weighted by atomic mass is 9.99. The summed E-state index contributed by atoms with van der Waals surface area (Å²) < 4.78 is 0. The van der Waals surface area contributed by atoms with E-state index >= 15 is 0 Å². The van der Waals surface area contributed by atoms with Crippen LogP contribution in [0, 0.1) is 6.92 Å². The summed E-state index contributed by atoms with van der Waals surface area (Å²) >= 11 is 0. The van der Waals surface area contributed by atoms with Crippen LogP contribution in [0.15, 0.2) is 6.33 Å². The normalized spacial score (nSPS) is 29.5. The van der Waals surface area contributed by atoms with Gasteiger partial charge in [0.2, 0.25) is 0 Å². The minimum Gasteiger partial charge on any atom is -0.348 e. The summed E-state index contributed by atoms with van der Waals surface area (Å²) in [4.78, 5) is 10.2. The Morgan fingerprint density at radius 3 is 3.18 bits per heavy atom. The van der Waals surface area contributed by atoms with Crippen molar-refractivity contribution in [1.82, 2.24) is 20.2 Å². The molecule has 1 aromatic rings. The quantitative estimate of drug-likeness (QED) is 0.831. The lowest BCUT2D eigenvalue weighted by Gasteiger charge is -2.32. The third-order valence-electron chi connectivity index (χ3n) is 4.32. The minimum atomic E-state index is 0.673. The highest BCUT2D eigenvalue weighted by atomic mass is 15.2. The molecule has 3 heterocycles. The Balaban J connectivity index is 1.57. The van der Waals surface area contributed by atoms with Crippen LogP contribution in [0.25, 0.3) is 0 Å². The molecule has 2 unspecified atom stereocenters. The minimum absolute atomic E-state index is 0.673. The molecular formula is C13H22N4. The van der Waals surface area contributed by atoms with Crippen LogP contribution in [0.5, 0.6) is 0 Å². The SMILES string of the molecule is Cc1[nH]cnc1CNC1CCN2CCCCC12. The first-order valence-corrected chi connectivity index (χ1v) is 6.81. The Labute approximate surface area is 103 Å². The zero-order valence-corrected chi connectivity index (χ0v) is 10.6. The molecule has 4 heteroatoms. The molecule has 4 nitrogen and oxygen atoms in total. The average molecular weight is 234 g/mol. The number of H-pyrrole nitrogens is 1. The Bertz CT molecular complexity index is 373. The van der Waals surface area contributed by atoms with Crippen LogP contribution < -0.4 is 5.32 Å². The Kier molecular flexibility index (Phi) is 3.16. The van der Waals surface area contributed by atoms with Gasteiger partial charge in [-0.05, 0) is 32.7 Å². The summed E-state index contributed by atoms with van der Waals surface area (Å²) in [6.07, 6.45) is 7.25. The van der Waals surface area contributed by atoms with E-state index in [9.17, 15) is 0 Å². The van der Waals surface area contributed by atoms with Crippen molar-refractivity contribution in [2.24, 2.45) is 0 Å². The molecule has 2 aliphatic rings. The number of hydrogen-bond donors (Lipinski definition) is 2. The number of aryl methyl sites for hydroxylation is 1. The van der Waals surface area contributed by atoms with Crippen molar-refractivity contribution < 1.29 is 0 Å². The maximum absolute atomic E-state index is 4.35. The molecule has 0 spiro atoms. The molecule has 0 amide bonds. The van der Waals surface area contributed by atoms with E-state index in [1.807, 2.05) is 0 Å². The van der Waals surface area contributed by atoms with Crippen LogP contribution in [-0.2, 0) is 6.54 Å². The summed E-state index contributed by atoms with van der Waals surface area (Å²) in [6.45, 7) is 5.59. The van der Waals surface area contributed by atoms with Crippen molar-refractivity contribution in [3.63, 3.8) is 0 Å². The third kappa shape index (κ3) is 2.24. The fourth-order valence-electron chi connectivity index (χ4n) is 3.28. The first-order chi connectivity index (χ1) is 8.34. The first kappa shape index (κ1) is 11.2. The summed E-state index contributed by atoms with van der Waals surface area (Å²) in [6, 6.07) is 1.45. The number of fused-ring (bicyclic) bond motifs is 1. The average Bonchev–Trinajstić information content (AvgIpc) is 2.93. The largest absolute Gasteiger partial charge is 0.348 e. The second kappa shape index (κ2) is 4.78. The van der Waals surface area contributed by atoms with E-state index in [1.165, 1.54) is 50.2 Å². The fourth-order valence-corrected chi connectivity index (χ4v) is 3.28. The van der Waals surface area contributed by atoms with Crippen molar-refractivity contribution in [3.05, 3.63) is 17.7 Å². The summed E-state index contributed by atoms with van der Waals surface area (Å²) in [5.41, 5.74) is 2.36. The highest BCUT2D eigenvalue weighted by molar-refractivity contribution is 5.08. The maximum Gasteiger partial charge on any atom is 0.0925 e. The second-order valence-corrected chi connectivity index (χ2v) is 5.35. The molecule has 0 aromatic carbocycles. The van der Waals surface area contributed by atoms with Crippen LogP contribution in [0.1, 0.15) is 37.1 Å². The zero-order chi connectivity index (χ0) is 11.7. The van der Waals surface area contributed by atoms with Gasteiger partial charge in [-0.2, -0.15) is 0 Å². The van der Waals surface area contributed by atoms with E-state index < -0.39 is 0 Å². The number of aromatic amines is 1. The number of rotatable bonds is 3. The van der Waals surface area contributed by atoms with Crippen LogP contribution in [0.3, 0.4) is 0 Å². The molecule has 17 heavy (non-hydrogen) atoms. The molecule has 94 valence electrons. The van der Waals surface area contributed by atoms with Gasteiger partial charge in [0, 0.05) is 30.9 Å². The molecule has 2 aliphatic heterocycles. The van der Waals surface area contributed by atoms with Crippen molar-refractivity contribution in [2.75, 3.05) is 13.1 Å². The van der Waals surface area contributed by atoms with E-state index in [-0.39, 0.29) is 0 Å². The Morgan fingerprint density at radius 1 is 1.41 bits per heavy atom. The lowest BCUT2D eigenvalue weighted by Crippen LogP contribution is -2.44. The predicted octanol–water partition coefficient (Wildman–Crippen LogP) is 1.43. The Hall–Kier alpha value is -0.870. The van der Waals surface area contributed by atoms with Crippen LogP contribution in [0.4, 0.5) is 0 Å². The van der Waals surface area contributed by atoms with Gasteiger partial charge < -0.3 is 10.3 Å². The number of hydrogen-bond acceptors (Lipinski definition) is 3. The molecular weight excluding hydrogens is 212 g/mol. The number of imidazole rings is 1. The van der Waals surface area contributed by atoms with E-state index in [0.29, 0.717) is 6.04 Å². The highest BCUT2D eigenvalue weighted by Crippen LogP contribution is 2.27. The van der Waals surface area contributed by atoms with Gasteiger partial charge in [0.05, 0.1) is 12.0 Å². The van der Waals surface area contributed by atoms with Crippen molar-refractivity contribution >= 4 is 0 Å². The third-order valence-corrected chi connectivity index (χ3v) is 4.32. The molecule has 0 saturated carbocycles. The van der Waals surface area contributed by atoms with Gasteiger partial charge in [-0.3, -0.25) is 4.90 Å². The van der Waals surface area contributed by atoms with Gasteiger partial charge in [0.15, 0.2) is 0 Å². The molecule has 0 aliphatic carbocycles. The van der Waals surface area contributed by atoms with E-state index in [4.69, 9.17) is 0 Å². The van der Waals surface area contributed by atoms with Gasteiger partial charge in [0.1, 0.15) is 0 Å². The smallest absolute Gasteiger partial charge is 0.0925 e. The number of aromatic nitrogens is 2. The standard InChI is InChI=1S/C13H22N4/c1-10-12(16-9-15-10)8-14-11-5-7-17-6-3-2-4-13(11)17/h9,11,13-14H,2-8H2,1H3,(H,15,16). The summed E-state index contributed by atoms with van der Waals surface area (Å²) in [7, 11) is 0. The van der Waals surface area contributed by atoms with Gasteiger partial charge >= 0.3 is 0 Å². The first-order valence-electron chi connectivity index (χ1n) is 6.81. The molecule has 2 saturated heterocycles. The molecule has 2 atom stereocenters. The van der Waals surface area contributed by atoms with E-state index in [2.05, 4.69) is 27.1 Å². The van der Waals surface area contributed by atoms with Crippen LogP contribution in [-0.4, -0.2) is 40.0 Å². The van der Waals surface area contributed by atoms with Gasteiger partial charge in [-0.15, -0.1) is 0 Å². The Morgan fingerprint density at radius 2 is 2.35 bits per heavy atom. The summed E-state index contributed by atoms with van der Waals surface area (Å²) in [5.74, 6) is 0. The monoisotopic (exact) mass is 234 g/mol. The number of nitrogens with zero attached hydrogens (tertiary/aromatic N) is 2. The molecule has 1 aromatic heterocycles. The summed E-state index contributed by atoms with van der Waals surface area (Å²) in [5, 5.41) is 3.70. The molecule has 0 radical (unpaired) electrons. The molecule has 3 rings (SSSR count). The molecule has 0 bridgehead atoms. The molecule has 2 N–H and O–H groups in total. The lowest BCUT2D eigenvalue weighted by molar-refractivity contribution is 0.180. The predicted molar refractivity (Wildman–Crippen MR) is 67.8 cm³/mol. The van der Waals surface area contributed by atoms with Gasteiger partial charge in [-0.1, -0.05) is 6.42 Å². The van der Waals surface area contributed by atoms with E-state index in [0.717, 1.165) is 12.6 Å². The second-order valence-electron chi connectivity index (χ2n) is 5.35. The van der Waals surface area contributed by atoms with Gasteiger partial charge in [0.25, 0.3) is 0 Å². The molecule has 2 fully saturated rings. The topological polar surface area (TPSA) is 44.0 Å². The van der Waals surface area contributed by atoms with E-state index in [1.54, 1.807) is 6.33 Å². The maximum atomic E-state index is 4.35. The zero-order valence-electron chi connectivity index (χ0n) is 10.6. The number of piperidine rings is 1. The highest BCUT2D eigenvalue weighted by Gasteiger charge is 2.34. The van der Waals surface area contributed by atoms with Crippen molar-refractivity contribution in [2.45, 2.75) is 51.2 Å².